The van der Waals surface area contributed by atoms with Gasteiger partial charge in [-0.3, -0.25) is 9.48 Å². The summed E-state index contributed by atoms with van der Waals surface area (Å²) in [7, 11) is 0. The van der Waals surface area contributed by atoms with Gasteiger partial charge in [-0.05, 0) is 36.9 Å². The van der Waals surface area contributed by atoms with Crippen molar-refractivity contribution in [2.75, 3.05) is 5.32 Å². The summed E-state index contributed by atoms with van der Waals surface area (Å²) in [5.41, 5.74) is 1.82. The molecule has 1 amide bonds. The molecule has 3 rings (SSSR count). The summed E-state index contributed by atoms with van der Waals surface area (Å²) in [6.07, 6.45) is 0.978. The van der Waals surface area contributed by atoms with E-state index in [4.69, 9.17) is 4.74 Å². The minimum absolute atomic E-state index is 0.196. The van der Waals surface area contributed by atoms with Crippen LogP contribution in [0.3, 0.4) is 0 Å². The first-order chi connectivity index (χ1) is 12.6. The molecule has 0 aliphatic heterocycles. The van der Waals surface area contributed by atoms with E-state index < -0.39 is 5.82 Å². The zero-order valence-corrected chi connectivity index (χ0v) is 15.5. The SMILES string of the molecule is CCCn1nc(NC(=O)c2cc(COc3ccccc3F)cs2)cc1C. The van der Waals surface area contributed by atoms with E-state index in [2.05, 4.69) is 17.3 Å². The summed E-state index contributed by atoms with van der Waals surface area (Å²) in [5, 5.41) is 9.02. The van der Waals surface area contributed by atoms with Crippen LogP contribution in [-0.2, 0) is 13.2 Å². The lowest BCUT2D eigenvalue weighted by Gasteiger charge is -2.05. The van der Waals surface area contributed by atoms with Gasteiger partial charge in [0.2, 0.25) is 0 Å². The number of nitrogens with one attached hydrogen (secondary N) is 1. The molecule has 3 aromatic rings. The number of benzene rings is 1. The number of hydrogen-bond donors (Lipinski definition) is 1. The molecule has 136 valence electrons. The molecule has 0 saturated carbocycles. The van der Waals surface area contributed by atoms with Crippen LogP contribution in [0.2, 0.25) is 0 Å². The number of halogens is 1. The Balaban J connectivity index is 1.61. The number of carbonyl (C=O) groups is 1. The lowest BCUT2D eigenvalue weighted by atomic mass is 10.3. The molecule has 0 spiro atoms. The van der Waals surface area contributed by atoms with Gasteiger partial charge in [-0.1, -0.05) is 19.1 Å². The van der Waals surface area contributed by atoms with Crippen LogP contribution >= 0.6 is 11.3 Å². The standard InChI is InChI=1S/C19H20FN3O2S/c1-3-8-23-13(2)9-18(22-23)21-19(24)17-10-14(12-26-17)11-25-16-7-5-4-6-15(16)20/h4-7,9-10,12H,3,8,11H2,1-2H3,(H,21,22,24). The van der Waals surface area contributed by atoms with Gasteiger partial charge < -0.3 is 10.1 Å². The molecule has 1 aromatic carbocycles. The van der Waals surface area contributed by atoms with E-state index in [0.717, 1.165) is 24.2 Å². The molecule has 26 heavy (non-hydrogen) atoms. The number of ether oxygens (including phenoxy) is 1. The van der Waals surface area contributed by atoms with Crippen LogP contribution < -0.4 is 10.1 Å². The molecular weight excluding hydrogens is 353 g/mol. The molecule has 0 aliphatic rings. The third-order valence-corrected chi connectivity index (χ3v) is 4.74. The van der Waals surface area contributed by atoms with Gasteiger partial charge in [0.1, 0.15) is 6.61 Å². The maximum absolute atomic E-state index is 13.6. The maximum atomic E-state index is 13.6. The molecule has 2 aromatic heterocycles. The Bertz CT molecular complexity index is 904. The van der Waals surface area contributed by atoms with Crippen molar-refractivity contribution >= 4 is 23.1 Å². The number of rotatable bonds is 7. The van der Waals surface area contributed by atoms with Gasteiger partial charge >= 0.3 is 0 Å². The third kappa shape index (κ3) is 4.29. The van der Waals surface area contributed by atoms with Gasteiger partial charge in [0.25, 0.3) is 5.91 Å². The molecular formula is C19H20FN3O2S. The normalized spacial score (nSPS) is 10.7. The van der Waals surface area contributed by atoms with E-state index in [1.165, 1.54) is 17.4 Å². The number of aromatic nitrogens is 2. The minimum Gasteiger partial charge on any atom is -0.486 e. The van der Waals surface area contributed by atoms with Gasteiger partial charge in [-0.15, -0.1) is 11.3 Å². The van der Waals surface area contributed by atoms with Gasteiger partial charge in [0.15, 0.2) is 17.4 Å². The number of para-hydroxylation sites is 1. The Kier molecular flexibility index (Phi) is 5.68. The van der Waals surface area contributed by atoms with Crippen molar-refractivity contribution in [2.45, 2.75) is 33.4 Å². The highest BCUT2D eigenvalue weighted by Gasteiger charge is 2.13. The number of thiophene rings is 1. The van der Waals surface area contributed by atoms with Gasteiger partial charge in [-0.25, -0.2) is 4.39 Å². The van der Waals surface area contributed by atoms with Gasteiger partial charge in [-0.2, -0.15) is 5.10 Å². The van der Waals surface area contributed by atoms with Crippen molar-refractivity contribution in [3.05, 3.63) is 63.7 Å². The summed E-state index contributed by atoms with van der Waals surface area (Å²) < 4.78 is 20.9. The first-order valence-corrected chi connectivity index (χ1v) is 9.25. The number of hydrogen-bond acceptors (Lipinski definition) is 4. The van der Waals surface area contributed by atoms with E-state index >= 15 is 0 Å². The van der Waals surface area contributed by atoms with Crippen molar-refractivity contribution in [1.82, 2.24) is 9.78 Å². The molecule has 1 N–H and O–H groups in total. The highest BCUT2D eigenvalue weighted by molar-refractivity contribution is 7.12. The van der Waals surface area contributed by atoms with Crippen LogP contribution in [0.1, 0.15) is 34.3 Å². The lowest BCUT2D eigenvalue weighted by Crippen LogP contribution is -2.11. The van der Waals surface area contributed by atoms with E-state index in [0.29, 0.717) is 10.7 Å². The Morgan fingerprint density at radius 1 is 1.35 bits per heavy atom. The monoisotopic (exact) mass is 373 g/mol. The second kappa shape index (κ2) is 8.14. The third-order valence-electron chi connectivity index (χ3n) is 3.77. The van der Waals surface area contributed by atoms with Crippen molar-refractivity contribution in [3.63, 3.8) is 0 Å². The van der Waals surface area contributed by atoms with Crippen LogP contribution in [-0.4, -0.2) is 15.7 Å². The van der Waals surface area contributed by atoms with Gasteiger partial charge in [0.05, 0.1) is 4.88 Å². The number of nitrogens with zero attached hydrogens (tertiary/aromatic N) is 2. The lowest BCUT2D eigenvalue weighted by molar-refractivity contribution is 0.103. The summed E-state index contributed by atoms with van der Waals surface area (Å²) in [6, 6.07) is 9.84. The number of anilines is 1. The van der Waals surface area contributed by atoms with Gasteiger partial charge in [0, 0.05) is 23.9 Å². The molecule has 7 heteroatoms. The topological polar surface area (TPSA) is 56.2 Å². The summed E-state index contributed by atoms with van der Waals surface area (Å²) in [5.74, 6) is 0.118. The maximum Gasteiger partial charge on any atom is 0.266 e. The van der Waals surface area contributed by atoms with Crippen LogP contribution in [0.15, 0.2) is 41.8 Å². The average Bonchev–Trinajstić information content (AvgIpc) is 3.22. The molecule has 0 saturated heterocycles. The number of amides is 1. The smallest absolute Gasteiger partial charge is 0.266 e. The van der Waals surface area contributed by atoms with Crippen LogP contribution in [0, 0.1) is 12.7 Å². The van der Waals surface area contributed by atoms with Crippen molar-refractivity contribution in [3.8, 4) is 5.75 Å². The predicted octanol–water partition coefficient (Wildman–Crippen LogP) is 4.63. The molecule has 0 unspecified atom stereocenters. The molecule has 0 atom stereocenters. The van der Waals surface area contributed by atoms with E-state index in [1.807, 2.05) is 23.1 Å². The van der Waals surface area contributed by atoms with Crippen molar-refractivity contribution in [1.29, 1.82) is 0 Å². The second-order valence-corrected chi connectivity index (χ2v) is 6.80. The predicted molar refractivity (Wildman–Crippen MR) is 100 cm³/mol. The largest absolute Gasteiger partial charge is 0.486 e. The first kappa shape index (κ1) is 18.1. The second-order valence-electron chi connectivity index (χ2n) is 5.89. The molecule has 0 aliphatic carbocycles. The highest BCUT2D eigenvalue weighted by Crippen LogP contribution is 2.21. The number of aryl methyl sites for hydroxylation is 2. The fourth-order valence-electron chi connectivity index (χ4n) is 2.48. The van der Waals surface area contributed by atoms with Crippen LogP contribution in [0.4, 0.5) is 10.2 Å². The molecule has 0 fully saturated rings. The highest BCUT2D eigenvalue weighted by atomic mass is 32.1. The fraction of sp³-hybridized carbons (Fsp3) is 0.263. The Hall–Kier alpha value is -2.67. The summed E-state index contributed by atoms with van der Waals surface area (Å²) >= 11 is 1.32. The molecule has 2 heterocycles. The minimum atomic E-state index is -0.404. The zero-order valence-electron chi connectivity index (χ0n) is 14.7. The fourth-order valence-corrected chi connectivity index (χ4v) is 3.27. The van der Waals surface area contributed by atoms with E-state index in [9.17, 15) is 9.18 Å². The Morgan fingerprint density at radius 3 is 2.92 bits per heavy atom. The number of carbonyl (C=O) groups excluding carboxylic acids is 1. The van der Waals surface area contributed by atoms with Crippen LogP contribution in [0.25, 0.3) is 0 Å². The van der Waals surface area contributed by atoms with Crippen molar-refractivity contribution < 1.29 is 13.9 Å². The molecule has 0 radical (unpaired) electrons. The summed E-state index contributed by atoms with van der Waals surface area (Å²) in [6.45, 7) is 5.06. The van der Waals surface area contributed by atoms with Crippen LogP contribution in [0.5, 0.6) is 5.75 Å². The first-order valence-electron chi connectivity index (χ1n) is 8.37. The Labute approximate surface area is 155 Å². The molecule has 5 nitrogen and oxygen atoms in total. The van der Waals surface area contributed by atoms with E-state index in [-0.39, 0.29) is 18.3 Å². The quantitative estimate of drug-likeness (QED) is 0.657. The van der Waals surface area contributed by atoms with E-state index in [1.54, 1.807) is 24.3 Å². The Morgan fingerprint density at radius 2 is 2.15 bits per heavy atom. The molecule has 0 bridgehead atoms. The summed E-state index contributed by atoms with van der Waals surface area (Å²) in [4.78, 5) is 12.9. The van der Waals surface area contributed by atoms with Crippen molar-refractivity contribution in [2.24, 2.45) is 0 Å². The zero-order chi connectivity index (χ0) is 18.5. The average molecular weight is 373 g/mol.